The first-order valence-corrected chi connectivity index (χ1v) is 4.38. The van der Waals surface area contributed by atoms with Gasteiger partial charge in [0.05, 0.1) is 6.10 Å². The van der Waals surface area contributed by atoms with Crippen molar-refractivity contribution in [3.05, 3.63) is 29.7 Å². The summed E-state index contributed by atoms with van der Waals surface area (Å²) >= 11 is 0. The summed E-state index contributed by atoms with van der Waals surface area (Å²) in [5, 5.41) is 0. The Hall–Kier alpha value is -1.56. The van der Waals surface area contributed by atoms with Crippen molar-refractivity contribution in [2.45, 2.75) is 25.4 Å². The Morgan fingerprint density at radius 2 is 2.38 bits per heavy atom. The van der Waals surface area contributed by atoms with E-state index in [-0.39, 0.29) is 0 Å². The fourth-order valence-electron chi connectivity index (χ4n) is 1.22. The van der Waals surface area contributed by atoms with Crippen molar-refractivity contribution in [2.24, 2.45) is 0 Å². The molecule has 1 aromatic rings. The molecule has 1 fully saturated rings. The molecule has 0 saturated heterocycles. The quantitative estimate of drug-likeness (QED) is 0.644. The molecule has 3 heteroatoms. The summed E-state index contributed by atoms with van der Waals surface area (Å²) in [5.74, 6) is 1.17. The van der Waals surface area contributed by atoms with E-state index in [4.69, 9.17) is 11.3 Å². The highest BCUT2D eigenvalue weighted by molar-refractivity contribution is 5.41. The van der Waals surface area contributed by atoms with Gasteiger partial charge in [0.1, 0.15) is 11.9 Å². The summed E-state index contributed by atoms with van der Waals surface area (Å²) in [6.45, 7) is 6.79. The van der Waals surface area contributed by atoms with Gasteiger partial charge in [-0.3, -0.25) is 0 Å². The van der Waals surface area contributed by atoms with Crippen LogP contribution in [0.2, 0.25) is 0 Å². The van der Waals surface area contributed by atoms with E-state index in [2.05, 4.69) is 9.83 Å². The second-order valence-corrected chi connectivity index (χ2v) is 3.13. The summed E-state index contributed by atoms with van der Waals surface area (Å²) in [5.41, 5.74) is 0. The molecule has 1 aromatic heterocycles. The Labute approximate surface area is 77.2 Å². The maximum atomic E-state index is 6.79. The molecule has 0 N–H and O–H groups in total. The molecule has 1 aliphatic rings. The topological polar surface area (TPSA) is 26.5 Å². The number of aromatic nitrogens is 1. The van der Waals surface area contributed by atoms with E-state index in [1.54, 1.807) is 18.3 Å². The average molecular weight is 174 g/mol. The monoisotopic (exact) mass is 174 g/mol. The lowest BCUT2D eigenvalue weighted by Crippen LogP contribution is -2.24. The Bertz CT molecular complexity index is 339. The number of hydrogen-bond donors (Lipinski definition) is 0. The molecule has 0 atom stereocenters. The summed E-state index contributed by atoms with van der Waals surface area (Å²) < 4.78 is 5.61. The summed E-state index contributed by atoms with van der Waals surface area (Å²) in [7, 11) is 0. The number of hydrogen-bond acceptors (Lipinski definition) is 2. The van der Waals surface area contributed by atoms with Crippen LogP contribution in [0.1, 0.15) is 19.3 Å². The second kappa shape index (κ2) is 3.44. The van der Waals surface area contributed by atoms with Crippen LogP contribution in [-0.2, 0) is 0 Å². The van der Waals surface area contributed by atoms with Gasteiger partial charge in [0.25, 0.3) is 5.82 Å². The van der Waals surface area contributed by atoms with Gasteiger partial charge in [-0.15, -0.1) is 4.98 Å². The van der Waals surface area contributed by atoms with E-state index in [0.29, 0.717) is 11.9 Å². The molecule has 1 heterocycles. The molecule has 13 heavy (non-hydrogen) atoms. The Morgan fingerprint density at radius 3 is 3.00 bits per heavy atom. The van der Waals surface area contributed by atoms with Crippen molar-refractivity contribution in [3.63, 3.8) is 0 Å². The highest BCUT2D eigenvalue weighted by Gasteiger charge is 2.18. The normalized spacial score (nSPS) is 15.9. The minimum atomic E-state index is 0.362. The third kappa shape index (κ3) is 1.78. The second-order valence-electron chi connectivity index (χ2n) is 3.13. The molecule has 0 aliphatic heterocycles. The molecule has 0 aromatic carbocycles. The van der Waals surface area contributed by atoms with Crippen LogP contribution < -0.4 is 4.74 Å². The first kappa shape index (κ1) is 8.06. The molecular weight excluding hydrogens is 164 g/mol. The average Bonchev–Trinajstić information content (AvgIpc) is 2.12. The lowest BCUT2D eigenvalue weighted by Gasteiger charge is -2.26. The van der Waals surface area contributed by atoms with Gasteiger partial charge in [-0.05, 0) is 19.3 Å². The van der Waals surface area contributed by atoms with E-state index in [0.717, 1.165) is 18.6 Å². The van der Waals surface area contributed by atoms with Crippen LogP contribution in [0.15, 0.2) is 18.3 Å². The molecule has 3 nitrogen and oxygen atoms in total. The minimum Gasteiger partial charge on any atom is -0.492 e. The Morgan fingerprint density at radius 1 is 1.54 bits per heavy atom. The molecule has 0 radical (unpaired) electrons. The van der Waals surface area contributed by atoms with Crippen LogP contribution in [0.3, 0.4) is 0 Å². The maximum Gasteiger partial charge on any atom is 0.273 e. The van der Waals surface area contributed by atoms with E-state index in [1.165, 1.54) is 6.42 Å². The zero-order chi connectivity index (χ0) is 9.10. The molecule has 1 aliphatic carbocycles. The zero-order valence-electron chi connectivity index (χ0n) is 7.23. The van der Waals surface area contributed by atoms with Crippen LogP contribution in [0.4, 0.5) is 5.82 Å². The van der Waals surface area contributed by atoms with Crippen molar-refractivity contribution < 1.29 is 4.74 Å². The predicted octanol–water partition coefficient (Wildman–Crippen LogP) is 2.56. The summed E-state index contributed by atoms with van der Waals surface area (Å²) in [6, 6.07) is 3.48. The Balaban J connectivity index is 2.07. The third-order valence-corrected chi connectivity index (χ3v) is 2.19. The SMILES string of the molecule is [C-]#[N+]c1cc(OC2CCC2)ccn1. The molecule has 2 rings (SSSR count). The fraction of sp³-hybridized carbons (Fsp3) is 0.400. The van der Waals surface area contributed by atoms with Crippen LogP contribution >= 0.6 is 0 Å². The highest BCUT2D eigenvalue weighted by atomic mass is 16.5. The van der Waals surface area contributed by atoms with Crippen molar-refractivity contribution in [2.75, 3.05) is 0 Å². The van der Waals surface area contributed by atoms with Gasteiger partial charge in [0, 0.05) is 12.1 Å². The molecule has 0 bridgehead atoms. The van der Waals surface area contributed by atoms with Crippen molar-refractivity contribution in [1.82, 2.24) is 4.98 Å². The van der Waals surface area contributed by atoms with E-state index < -0.39 is 0 Å². The van der Waals surface area contributed by atoms with E-state index >= 15 is 0 Å². The minimum absolute atomic E-state index is 0.362. The highest BCUT2D eigenvalue weighted by Crippen LogP contribution is 2.26. The van der Waals surface area contributed by atoms with Gasteiger partial charge in [0.2, 0.25) is 0 Å². The Kier molecular flexibility index (Phi) is 2.13. The first-order chi connectivity index (χ1) is 6.38. The van der Waals surface area contributed by atoms with Crippen LogP contribution in [-0.4, -0.2) is 11.1 Å². The standard InChI is InChI=1S/C10H10N2O/c1-11-10-7-9(5-6-12-10)13-8-3-2-4-8/h5-8H,2-4H2. The number of ether oxygens (including phenoxy) is 1. The smallest absolute Gasteiger partial charge is 0.273 e. The fourth-order valence-corrected chi connectivity index (χ4v) is 1.22. The number of pyridine rings is 1. The van der Waals surface area contributed by atoms with Crippen LogP contribution in [0.25, 0.3) is 4.85 Å². The van der Waals surface area contributed by atoms with Crippen LogP contribution in [0, 0.1) is 6.57 Å². The molecular formula is C10H10N2O. The van der Waals surface area contributed by atoms with Crippen molar-refractivity contribution in [3.8, 4) is 5.75 Å². The lowest BCUT2D eigenvalue weighted by molar-refractivity contribution is 0.120. The summed E-state index contributed by atoms with van der Waals surface area (Å²) in [6.07, 6.45) is 5.50. The number of rotatable bonds is 2. The third-order valence-electron chi connectivity index (χ3n) is 2.19. The lowest BCUT2D eigenvalue weighted by atomic mass is 9.96. The van der Waals surface area contributed by atoms with Crippen molar-refractivity contribution >= 4 is 5.82 Å². The molecule has 0 amide bonds. The number of nitrogens with zero attached hydrogens (tertiary/aromatic N) is 2. The van der Waals surface area contributed by atoms with Gasteiger partial charge in [-0.2, -0.15) is 0 Å². The first-order valence-electron chi connectivity index (χ1n) is 4.38. The largest absolute Gasteiger partial charge is 0.492 e. The molecule has 66 valence electrons. The van der Waals surface area contributed by atoms with Crippen molar-refractivity contribution in [1.29, 1.82) is 0 Å². The van der Waals surface area contributed by atoms with E-state index in [1.807, 2.05) is 0 Å². The van der Waals surface area contributed by atoms with Gasteiger partial charge in [-0.1, -0.05) is 6.57 Å². The van der Waals surface area contributed by atoms with Gasteiger partial charge in [0.15, 0.2) is 0 Å². The van der Waals surface area contributed by atoms with Gasteiger partial charge in [-0.25, -0.2) is 0 Å². The molecule has 0 unspecified atom stereocenters. The predicted molar refractivity (Wildman–Crippen MR) is 48.8 cm³/mol. The zero-order valence-corrected chi connectivity index (χ0v) is 7.23. The van der Waals surface area contributed by atoms with E-state index in [9.17, 15) is 0 Å². The maximum absolute atomic E-state index is 6.79. The van der Waals surface area contributed by atoms with Gasteiger partial charge < -0.3 is 9.58 Å². The van der Waals surface area contributed by atoms with Gasteiger partial charge >= 0.3 is 0 Å². The van der Waals surface area contributed by atoms with Crippen LogP contribution in [0.5, 0.6) is 5.75 Å². The molecule has 0 spiro atoms. The summed E-state index contributed by atoms with van der Waals surface area (Å²) in [4.78, 5) is 7.12. The molecule has 1 saturated carbocycles.